The lowest BCUT2D eigenvalue weighted by Gasteiger charge is -2.24. The Morgan fingerprint density at radius 3 is 2.33 bits per heavy atom. The van der Waals surface area contributed by atoms with Crippen LogP contribution in [-0.2, 0) is 4.79 Å². The molecule has 0 saturated heterocycles. The maximum atomic E-state index is 11.9. The number of amides is 1. The van der Waals surface area contributed by atoms with E-state index in [9.17, 15) is 4.79 Å². The highest BCUT2D eigenvalue weighted by atomic mass is 16.2. The molecular weight excluding hydrogens is 188 g/mol. The van der Waals surface area contributed by atoms with Crippen molar-refractivity contribution in [3.05, 3.63) is 0 Å². The molecule has 1 saturated carbocycles. The van der Waals surface area contributed by atoms with Gasteiger partial charge in [0.05, 0.1) is 6.04 Å². The minimum Gasteiger partial charge on any atom is -0.342 e. The number of nitrogens with zero attached hydrogens (tertiary/aromatic N) is 1. The molecule has 0 aromatic carbocycles. The second-order valence-electron chi connectivity index (χ2n) is 4.92. The first kappa shape index (κ1) is 12.5. The Kier molecular flexibility index (Phi) is 4.14. The summed E-state index contributed by atoms with van der Waals surface area (Å²) in [6.07, 6.45) is 2.60. The van der Waals surface area contributed by atoms with Crippen LogP contribution in [0.1, 0.15) is 40.5 Å². The van der Waals surface area contributed by atoms with Crippen LogP contribution in [0.25, 0.3) is 0 Å². The summed E-state index contributed by atoms with van der Waals surface area (Å²) in [6.45, 7) is 10.9. The van der Waals surface area contributed by atoms with E-state index in [2.05, 4.69) is 12.2 Å². The predicted molar refractivity (Wildman–Crippen MR) is 62.7 cm³/mol. The van der Waals surface area contributed by atoms with Gasteiger partial charge >= 0.3 is 0 Å². The van der Waals surface area contributed by atoms with Crippen molar-refractivity contribution in [2.75, 3.05) is 19.6 Å². The zero-order chi connectivity index (χ0) is 11.5. The fourth-order valence-electron chi connectivity index (χ4n) is 1.69. The molecule has 1 atom stereocenters. The number of hydrogen-bond donors (Lipinski definition) is 1. The largest absolute Gasteiger partial charge is 0.342 e. The van der Waals surface area contributed by atoms with Crippen LogP contribution in [0.4, 0.5) is 0 Å². The predicted octanol–water partition coefficient (Wildman–Crippen LogP) is 1.63. The van der Waals surface area contributed by atoms with Crippen LogP contribution in [0.2, 0.25) is 0 Å². The van der Waals surface area contributed by atoms with Crippen molar-refractivity contribution in [3.8, 4) is 0 Å². The molecule has 0 heterocycles. The average molecular weight is 212 g/mol. The van der Waals surface area contributed by atoms with E-state index >= 15 is 0 Å². The molecule has 1 N–H and O–H groups in total. The van der Waals surface area contributed by atoms with Gasteiger partial charge in [-0.3, -0.25) is 4.79 Å². The van der Waals surface area contributed by atoms with E-state index in [1.807, 2.05) is 25.7 Å². The van der Waals surface area contributed by atoms with E-state index in [-0.39, 0.29) is 11.9 Å². The normalized spacial score (nSPS) is 19.7. The van der Waals surface area contributed by atoms with Gasteiger partial charge in [0.1, 0.15) is 0 Å². The lowest BCUT2D eigenvalue weighted by atomic mass is 10.1. The summed E-state index contributed by atoms with van der Waals surface area (Å²) < 4.78 is 0. The number of carbonyl (C=O) groups excluding carboxylic acids is 1. The van der Waals surface area contributed by atoms with Gasteiger partial charge in [-0.05, 0) is 39.0 Å². The standard InChI is InChI=1S/C12H24N2O/c1-5-14(6-2)11(15)10(3)13-9-12(4)7-8-12/h10,13H,5-9H2,1-4H3. The van der Waals surface area contributed by atoms with E-state index < -0.39 is 0 Å². The van der Waals surface area contributed by atoms with E-state index in [4.69, 9.17) is 0 Å². The van der Waals surface area contributed by atoms with Gasteiger partial charge in [-0.25, -0.2) is 0 Å². The lowest BCUT2D eigenvalue weighted by molar-refractivity contribution is -0.132. The molecule has 1 unspecified atom stereocenters. The van der Waals surface area contributed by atoms with Crippen LogP contribution in [0.3, 0.4) is 0 Å². The Labute approximate surface area is 93.2 Å². The molecule has 0 aromatic rings. The fourth-order valence-corrected chi connectivity index (χ4v) is 1.69. The van der Waals surface area contributed by atoms with Gasteiger partial charge < -0.3 is 10.2 Å². The summed E-state index contributed by atoms with van der Waals surface area (Å²) >= 11 is 0. The van der Waals surface area contributed by atoms with Crippen LogP contribution >= 0.6 is 0 Å². The van der Waals surface area contributed by atoms with Crippen LogP contribution in [0, 0.1) is 5.41 Å². The highest BCUT2D eigenvalue weighted by Crippen LogP contribution is 2.44. The third-order valence-corrected chi connectivity index (χ3v) is 3.38. The van der Waals surface area contributed by atoms with Gasteiger partial charge in [0.15, 0.2) is 0 Å². The van der Waals surface area contributed by atoms with Crippen molar-refractivity contribution in [3.63, 3.8) is 0 Å². The number of rotatable bonds is 6. The summed E-state index contributed by atoms with van der Waals surface area (Å²) in [6, 6.07) is -0.0395. The Balaban J connectivity index is 2.31. The van der Waals surface area contributed by atoms with Crippen molar-refractivity contribution >= 4 is 5.91 Å². The van der Waals surface area contributed by atoms with Crippen LogP contribution < -0.4 is 5.32 Å². The molecule has 3 heteroatoms. The molecule has 0 aliphatic heterocycles. The Hall–Kier alpha value is -0.570. The molecule has 0 bridgehead atoms. The highest BCUT2D eigenvalue weighted by Gasteiger charge is 2.37. The first-order valence-corrected chi connectivity index (χ1v) is 6.04. The Morgan fingerprint density at radius 1 is 1.40 bits per heavy atom. The number of carbonyl (C=O) groups is 1. The van der Waals surface area contributed by atoms with Gasteiger partial charge in [-0.1, -0.05) is 6.92 Å². The molecule has 1 amide bonds. The number of nitrogens with one attached hydrogen (secondary N) is 1. The van der Waals surface area contributed by atoms with E-state index in [1.165, 1.54) is 12.8 Å². The molecule has 15 heavy (non-hydrogen) atoms. The minimum absolute atomic E-state index is 0.0395. The molecule has 1 aliphatic rings. The molecule has 1 rings (SSSR count). The molecule has 1 fully saturated rings. The van der Waals surface area contributed by atoms with Gasteiger partial charge in [-0.2, -0.15) is 0 Å². The maximum absolute atomic E-state index is 11.9. The van der Waals surface area contributed by atoms with Crippen molar-refractivity contribution in [1.82, 2.24) is 10.2 Å². The second-order valence-corrected chi connectivity index (χ2v) is 4.92. The molecule has 88 valence electrons. The van der Waals surface area contributed by atoms with Gasteiger partial charge in [0.2, 0.25) is 5.91 Å². The topological polar surface area (TPSA) is 32.3 Å². The number of likely N-dealkylation sites (N-methyl/N-ethyl adjacent to an activating group) is 1. The van der Waals surface area contributed by atoms with Crippen molar-refractivity contribution in [2.45, 2.75) is 46.6 Å². The van der Waals surface area contributed by atoms with Crippen molar-refractivity contribution in [2.24, 2.45) is 5.41 Å². The lowest BCUT2D eigenvalue weighted by Crippen LogP contribution is -2.46. The first-order chi connectivity index (χ1) is 7.02. The molecule has 3 nitrogen and oxygen atoms in total. The summed E-state index contributed by atoms with van der Waals surface area (Å²) in [5, 5.41) is 3.34. The monoisotopic (exact) mass is 212 g/mol. The van der Waals surface area contributed by atoms with Crippen LogP contribution in [-0.4, -0.2) is 36.5 Å². The SMILES string of the molecule is CCN(CC)C(=O)C(C)NCC1(C)CC1. The zero-order valence-electron chi connectivity index (χ0n) is 10.5. The molecule has 0 radical (unpaired) electrons. The molecular formula is C12H24N2O. The smallest absolute Gasteiger partial charge is 0.239 e. The number of hydrogen-bond acceptors (Lipinski definition) is 2. The molecule has 0 spiro atoms. The third kappa shape index (κ3) is 3.49. The maximum Gasteiger partial charge on any atom is 0.239 e. The quantitative estimate of drug-likeness (QED) is 0.726. The summed E-state index contributed by atoms with van der Waals surface area (Å²) in [5.41, 5.74) is 0.470. The molecule has 1 aliphatic carbocycles. The van der Waals surface area contributed by atoms with Crippen LogP contribution in [0.5, 0.6) is 0 Å². The van der Waals surface area contributed by atoms with Crippen molar-refractivity contribution in [1.29, 1.82) is 0 Å². The van der Waals surface area contributed by atoms with E-state index in [0.29, 0.717) is 5.41 Å². The minimum atomic E-state index is -0.0395. The summed E-state index contributed by atoms with van der Waals surface area (Å²) in [7, 11) is 0. The van der Waals surface area contributed by atoms with E-state index in [0.717, 1.165) is 19.6 Å². The first-order valence-electron chi connectivity index (χ1n) is 6.04. The average Bonchev–Trinajstić information content (AvgIpc) is 2.95. The van der Waals surface area contributed by atoms with Gasteiger partial charge in [0.25, 0.3) is 0 Å². The second kappa shape index (κ2) is 4.97. The zero-order valence-corrected chi connectivity index (χ0v) is 10.5. The molecule has 0 aromatic heterocycles. The highest BCUT2D eigenvalue weighted by molar-refractivity contribution is 5.81. The van der Waals surface area contributed by atoms with Gasteiger partial charge in [0, 0.05) is 19.6 Å². The van der Waals surface area contributed by atoms with Gasteiger partial charge in [-0.15, -0.1) is 0 Å². The van der Waals surface area contributed by atoms with E-state index in [1.54, 1.807) is 0 Å². The van der Waals surface area contributed by atoms with Crippen LogP contribution in [0.15, 0.2) is 0 Å². The third-order valence-electron chi connectivity index (χ3n) is 3.38. The summed E-state index contributed by atoms with van der Waals surface area (Å²) in [5.74, 6) is 0.226. The Bertz CT molecular complexity index is 220. The summed E-state index contributed by atoms with van der Waals surface area (Å²) in [4.78, 5) is 13.8. The Morgan fingerprint density at radius 2 is 1.93 bits per heavy atom. The fraction of sp³-hybridized carbons (Fsp3) is 0.917. The van der Waals surface area contributed by atoms with Crippen molar-refractivity contribution < 1.29 is 4.79 Å².